The first-order chi connectivity index (χ1) is 19.3. The van der Waals surface area contributed by atoms with Crippen molar-refractivity contribution in [2.45, 2.75) is 31.3 Å². The molecule has 3 amide bonds. The van der Waals surface area contributed by atoms with Gasteiger partial charge in [0.2, 0.25) is 17.7 Å². The van der Waals surface area contributed by atoms with E-state index in [0.29, 0.717) is 47.2 Å². The van der Waals surface area contributed by atoms with Crippen LogP contribution >= 0.6 is 0 Å². The Balaban J connectivity index is 1.36. The van der Waals surface area contributed by atoms with E-state index in [9.17, 15) is 24.6 Å². The number of fused-ring (bicyclic) bond motifs is 5. The molecule has 7 rings (SSSR count). The van der Waals surface area contributed by atoms with E-state index in [1.54, 1.807) is 24.3 Å². The van der Waals surface area contributed by atoms with Crippen LogP contribution in [0.15, 0.2) is 54.6 Å². The molecule has 0 aliphatic carbocycles. The second-order valence-corrected chi connectivity index (χ2v) is 10.6. The smallest absolute Gasteiger partial charge is 0.250 e. The van der Waals surface area contributed by atoms with Gasteiger partial charge in [0, 0.05) is 23.4 Å². The molecule has 10 heteroatoms. The fourth-order valence-corrected chi connectivity index (χ4v) is 6.62. The number of phenolic OH excluding ortho intramolecular Hbond substituents is 2. The Kier molecular flexibility index (Phi) is 5.33. The lowest BCUT2D eigenvalue weighted by Gasteiger charge is -2.30. The van der Waals surface area contributed by atoms with Crippen LogP contribution in [0.4, 0.5) is 11.4 Å². The zero-order valence-electron chi connectivity index (χ0n) is 21.6. The number of aromatic hydroxyl groups is 2. The SMILES string of the molecule is CCc1ccc2c(c1)[C@@]1(N[C@H](Cc3ccc(O)c(O)c3)[C@H]3C(=O)N(c4ccc5c(c4)OCCO5)C(=O)[C@@H]31)C(=O)N2. The number of hydrogen-bond donors (Lipinski definition) is 4. The maximum Gasteiger partial charge on any atom is 0.250 e. The molecule has 40 heavy (non-hydrogen) atoms. The Morgan fingerprint density at radius 2 is 1.68 bits per heavy atom. The first kappa shape index (κ1) is 24.5. The maximum absolute atomic E-state index is 14.3. The standard InChI is InChI=1S/C30H27N3O7/c1-2-15-3-6-19-18(11-15)30(29(38)31-19)26-25(20(32-30)12-16-4-7-21(34)22(35)13-16)27(36)33(28(26)37)17-5-8-23-24(14-17)40-10-9-39-23/h3-8,11,13-14,20,25-26,32,34-35H,2,9-10,12H2,1H3,(H,31,38)/t20-,25-,26-,30+/m1/s1. The molecule has 4 aliphatic heterocycles. The Hall–Kier alpha value is -4.57. The quantitative estimate of drug-likeness (QED) is 0.292. The van der Waals surface area contributed by atoms with Crippen molar-refractivity contribution < 1.29 is 34.1 Å². The third-order valence-corrected chi connectivity index (χ3v) is 8.47. The van der Waals surface area contributed by atoms with Gasteiger partial charge in [-0.3, -0.25) is 19.7 Å². The highest BCUT2D eigenvalue weighted by Gasteiger charge is 2.70. The van der Waals surface area contributed by atoms with Crippen LogP contribution in [0.1, 0.15) is 23.6 Å². The number of carbonyl (C=O) groups is 3. The molecule has 3 aromatic carbocycles. The van der Waals surface area contributed by atoms with Crippen LogP contribution in [-0.2, 0) is 32.8 Å². The van der Waals surface area contributed by atoms with E-state index in [2.05, 4.69) is 10.6 Å². The molecule has 0 radical (unpaired) electrons. The fourth-order valence-electron chi connectivity index (χ4n) is 6.62. The number of imide groups is 1. The Bertz CT molecular complexity index is 1600. The molecule has 1 spiro atoms. The van der Waals surface area contributed by atoms with Gasteiger partial charge in [-0.1, -0.05) is 25.1 Å². The summed E-state index contributed by atoms with van der Waals surface area (Å²) in [4.78, 5) is 43.4. The number of nitrogens with one attached hydrogen (secondary N) is 2. The van der Waals surface area contributed by atoms with Crippen molar-refractivity contribution in [3.63, 3.8) is 0 Å². The Morgan fingerprint density at radius 3 is 2.45 bits per heavy atom. The number of anilines is 2. The third kappa shape index (κ3) is 3.35. The molecule has 4 heterocycles. The normalized spacial score (nSPS) is 26.3. The summed E-state index contributed by atoms with van der Waals surface area (Å²) in [6, 6.07) is 14.5. The molecule has 10 nitrogen and oxygen atoms in total. The zero-order valence-corrected chi connectivity index (χ0v) is 21.6. The molecule has 0 bridgehead atoms. The van der Waals surface area contributed by atoms with E-state index in [4.69, 9.17) is 9.47 Å². The highest BCUT2D eigenvalue weighted by Crippen LogP contribution is 2.54. The number of carbonyl (C=O) groups excluding carboxylic acids is 3. The summed E-state index contributed by atoms with van der Waals surface area (Å²) in [6.45, 7) is 2.78. The van der Waals surface area contributed by atoms with Crippen molar-refractivity contribution in [2.75, 3.05) is 23.4 Å². The zero-order chi connectivity index (χ0) is 27.8. The summed E-state index contributed by atoms with van der Waals surface area (Å²) in [6.07, 6.45) is 0.971. The molecule has 0 aromatic heterocycles. The van der Waals surface area contributed by atoms with E-state index in [0.717, 1.165) is 16.9 Å². The number of phenols is 2. The van der Waals surface area contributed by atoms with E-state index < -0.39 is 35.2 Å². The van der Waals surface area contributed by atoms with E-state index >= 15 is 0 Å². The van der Waals surface area contributed by atoms with Crippen LogP contribution in [-0.4, -0.2) is 47.2 Å². The first-order valence-corrected chi connectivity index (χ1v) is 13.3. The summed E-state index contributed by atoms with van der Waals surface area (Å²) < 4.78 is 11.3. The van der Waals surface area contributed by atoms with Crippen LogP contribution in [0, 0.1) is 11.8 Å². The van der Waals surface area contributed by atoms with Gasteiger partial charge >= 0.3 is 0 Å². The largest absolute Gasteiger partial charge is 0.504 e. The van der Waals surface area contributed by atoms with Crippen LogP contribution in [0.25, 0.3) is 0 Å². The summed E-state index contributed by atoms with van der Waals surface area (Å²) >= 11 is 0. The topological polar surface area (TPSA) is 137 Å². The van der Waals surface area contributed by atoms with Crippen LogP contribution in [0.2, 0.25) is 0 Å². The summed E-state index contributed by atoms with van der Waals surface area (Å²) in [7, 11) is 0. The molecular weight excluding hydrogens is 514 g/mol. The Labute approximate surface area is 229 Å². The van der Waals surface area contributed by atoms with Gasteiger partial charge in [0.1, 0.15) is 18.8 Å². The number of amides is 3. The molecule has 4 atom stereocenters. The lowest BCUT2D eigenvalue weighted by Crippen LogP contribution is -2.53. The average Bonchev–Trinajstić information content (AvgIpc) is 3.54. The van der Waals surface area contributed by atoms with E-state index in [1.807, 2.05) is 25.1 Å². The highest BCUT2D eigenvalue weighted by atomic mass is 16.6. The minimum Gasteiger partial charge on any atom is -0.504 e. The van der Waals surface area contributed by atoms with Crippen molar-refractivity contribution in [3.05, 3.63) is 71.3 Å². The monoisotopic (exact) mass is 541 g/mol. The maximum atomic E-state index is 14.3. The summed E-state index contributed by atoms with van der Waals surface area (Å²) in [5.41, 5.74) is 1.79. The Morgan fingerprint density at radius 1 is 0.900 bits per heavy atom. The van der Waals surface area contributed by atoms with Crippen LogP contribution in [0.3, 0.4) is 0 Å². The predicted molar refractivity (Wildman–Crippen MR) is 143 cm³/mol. The summed E-state index contributed by atoms with van der Waals surface area (Å²) in [5.74, 6) is -2.70. The van der Waals surface area contributed by atoms with Crippen molar-refractivity contribution in [1.82, 2.24) is 5.32 Å². The molecule has 4 aliphatic rings. The van der Waals surface area contributed by atoms with E-state index in [-0.39, 0.29) is 23.8 Å². The third-order valence-electron chi connectivity index (χ3n) is 8.47. The van der Waals surface area contributed by atoms with Gasteiger partial charge in [-0.15, -0.1) is 0 Å². The number of ether oxygens (including phenoxy) is 2. The van der Waals surface area contributed by atoms with Gasteiger partial charge in [-0.25, -0.2) is 4.90 Å². The predicted octanol–water partition coefficient (Wildman–Crippen LogP) is 2.60. The van der Waals surface area contributed by atoms with Crippen molar-refractivity contribution >= 4 is 29.1 Å². The molecular formula is C30H27N3O7. The van der Waals surface area contributed by atoms with Gasteiger partial charge in [0.25, 0.3) is 0 Å². The van der Waals surface area contributed by atoms with E-state index in [1.165, 1.54) is 12.1 Å². The van der Waals surface area contributed by atoms with Gasteiger partial charge in [-0.2, -0.15) is 0 Å². The first-order valence-electron chi connectivity index (χ1n) is 13.3. The van der Waals surface area contributed by atoms with Crippen molar-refractivity contribution in [1.29, 1.82) is 0 Å². The highest BCUT2D eigenvalue weighted by molar-refractivity contribution is 6.26. The number of rotatable bonds is 4. The van der Waals surface area contributed by atoms with Gasteiger partial charge in [0.05, 0.1) is 17.5 Å². The van der Waals surface area contributed by atoms with Gasteiger partial charge in [-0.05, 0) is 54.3 Å². The van der Waals surface area contributed by atoms with Crippen LogP contribution in [0.5, 0.6) is 23.0 Å². The minimum absolute atomic E-state index is 0.237. The van der Waals surface area contributed by atoms with Crippen molar-refractivity contribution in [3.8, 4) is 23.0 Å². The molecule has 4 N–H and O–H groups in total. The number of aryl methyl sites for hydroxylation is 1. The lowest BCUT2D eigenvalue weighted by molar-refractivity contribution is -0.130. The minimum atomic E-state index is -1.45. The van der Waals surface area contributed by atoms with Gasteiger partial charge < -0.3 is 25.0 Å². The number of hydrogen-bond acceptors (Lipinski definition) is 8. The molecule has 2 fully saturated rings. The second kappa shape index (κ2) is 8.72. The lowest BCUT2D eigenvalue weighted by atomic mass is 9.76. The summed E-state index contributed by atoms with van der Waals surface area (Å²) in [5, 5.41) is 26.2. The molecule has 0 unspecified atom stereocenters. The molecule has 0 saturated carbocycles. The molecule has 204 valence electrons. The molecule has 3 aromatic rings. The van der Waals surface area contributed by atoms with Crippen molar-refractivity contribution in [2.24, 2.45) is 11.8 Å². The van der Waals surface area contributed by atoms with Crippen LogP contribution < -0.4 is 25.0 Å². The fraction of sp³-hybridized carbons (Fsp3) is 0.300. The van der Waals surface area contributed by atoms with Gasteiger partial charge in [0.15, 0.2) is 23.0 Å². The molecule has 2 saturated heterocycles. The number of nitrogens with zero attached hydrogens (tertiary/aromatic N) is 1. The average molecular weight is 542 g/mol. The number of benzene rings is 3. The second-order valence-electron chi connectivity index (χ2n) is 10.6.